The summed E-state index contributed by atoms with van der Waals surface area (Å²) < 4.78 is 26.6. The van der Waals surface area contributed by atoms with Gasteiger partial charge in [-0.25, -0.2) is 9.59 Å². The Balaban J connectivity index is 1.80. The molecule has 16 nitrogen and oxygen atoms in total. The molecule has 0 amide bonds. The van der Waals surface area contributed by atoms with Crippen LogP contribution in [0.5, 0.6) is 11.5 Å². The summed E-state index contributed by atoms with van der Waals surface area (Å²) in [6.07, 6.45) is -3.86. The Morgan fingerprint density at radius 3 is 2.64 bits per heavy atom. The third kappa shape index (κ3) is 7.20. The lowest BCUT2D eigenvalue weighted by Crippen LogP contribution is -2.46. The van der Waals surface area contributed by atoms with Crippen LogP contribution in [0, 0.1) is 0 Å². The predicted molar refractivity (Wildman–Crippen MR) is 134 cm³/mol. The maximum absolute atomic E-state index is 12.5. The largest absolute Gasteiger partial charge is 0.575 e. The second-order valence-electron chi connectivity index (χ2n) is 9.41. The van der Waals surface area contributed by atoms with Gasteiger partial charge in [-0.1, -0.05) is 22.0 Å². The van der Waals surface area contributed by atoms with E-state index in [0.717, 1.165) is 4.57 Å². The lowest BCUT2D eigenvalue weighted by atomic mass is 10.1. The number of hydrogen-bond donors (Lipinski definition) is 3. The van der Waals surface area contributed by atoms with E-state index in [0.29, 0.717) is 0 Å². The fraction of sp³-hybridized carbons (Fsp3) is 0.500. The van der Waals surface area contributed by atoms with Crippen molar-refractivity contribution >= 4 is 20.0 Å². The SMILES string of the molecule is C[C@H](N=[P+]([O-])Oc1ccccc1OC[C@@]1(N=[N+]=[N-])O[C@@H](n2ccc(N)nc2=O)[C@H](O)[C@@H]1O)C(=O)OC(C)(C)C. The standard InChI is InChI=1S/C22H28N7O9P/c1-12(19(32)37-21(2,3)4)26-39(34)38-14-8-6-5-7-13(14)35-11-22(27-28-24)17(31)16(30)18(36-22)29-10-9-15(23)25-20(29)33/h5-10,12,16-18,30-31H,11H2,1-4H3,(H2,23,25,33)/t12-,16+,17-,18+,22+/m0/s1. The van der Waals surface area contributed by atoms with Crippen molar-refractivity contribution in [1.82, 2.24) is 9.55 Å². The quantitative estimate of drug-likeness (QED) is 0.128. The molecule has 4 N–H and O–H groups in total. The molecule has 1 saturated heterocycles. The van der Waals surface area contributed by atoms with Crippen molar-refractivity contribution in [3.05, 3.63) is 57.5 Å². The third-order valence-corrected chi connectivity index (χ3v) is 6.11. The van der Waals surface area contributed by atoms with E-state index >= 15 is 0 Å². The molecule has 17 heteroatoms. The number of carbonyl (C=O) groups excluding carboxylic acids is 1. The zero-order chi connectivity index (χ0) is 29.0. The molecule has 0 spiro atoms. The zero-order valence-electron chi connectivity index (χ0n) is 21.4. The molecule has 6 atom stereocenters. The van der Waals surface area contributed by atoms with Gasteiger partial charge in [-0.15, -0.1) is 0 Å². The Labute approximate surface area is 223 Å². The number of nitrogens with two attached hydrogens (primary N) is 1. The van der Waals surface area contributed by atoms with E-state index in [9.17, 15) is 24.7 Å². The first-order chi connectivity index (χ1) is 18.3. The average Bonchev–Trinajstić information content (AvgIpc) is 3.08. The number of para-hydroxylation sites is 2. The highest BCUT2D eigenvalue weighted by atomic mass is 31.1. The van der Waals surface area contributed by atoms with Crippen molar-refractivity contribution in [2.75, 3.05) is 12.3 Å². The number of benzene rings is 1. The number of rotatable bonds is 9. The van der Waals surface area contributed by atoms with Gasteiger partial charge in [-0.05, 0) is 51.4 Å². The van der Waals surface area contributed by atoms with Crippen molar-refractivity contribution in [3.63, 3.8) is 0 Å². The van der Waals surface area contributed by atoms with Crippen LogP contribution < -0.4 is 25.6 Å². The first-order valence-electron chi connectivity index (χ1n) is 11.5. The molecule has 1 aromatic carbocycles. The topological polar surface area (TPSA) is 240 Å². The highest BCUT2D eigenvalue weighted by Crippen LogP contribution is 2.40. The number of nitrogens with zero attached hydrogens (tertiary/aromatic N) is 6. The number of carbonyl (C=O) groups is 1. The number of aliphatic hydroxyl groups is 2. The normalized spacial score (nSPS) is 24.0. The number of hydrogen-bond acceptors (Lipinski definition) is 13. The summed E-state index contributed by atoms with van der Waals surface area (Å²) in [7, 11) is -2.75. The fourth-order valence-corrected chi connectivity index (χ4v) is 4.17. The number of aliphatic hydroxyl groups excluding tert-OH is 2. The van der Waals surface area contributed by atoms with Crippen LogP contribution in [-0.2, 0) is 14.3 Å². The second kappa shape index (κ2) is 11.9. The molecule has 0 aliphatic carbocycles. The van der Waals surface area contributed by atoms with Gasteiger partial charge in [-0.3, -0.25) is 9.09 Å². The number of aromatic nitrogens is 2. The van der Waals surface area contributed by atoms with E-state index in [1.54, 1.807) is 32.9 Å². The van der Waals surface area contributed by atoms with E-state index in [4.69, 9.17) is 30.0 Å². The summed E-state index contributed by atoms with van der Waals surface area (Å²) in [6, 6.07) is 6.12. The van der Waals surface area contributed by atoms with Crippen LogP contribution in [-0.4, -0.2) is 61.9 Å². The molecule has 2 aromatic rings. The third-order valence-electron chi connectivity index (χ3n) is 5.22. The summed E-state index contributed by atoms with van der Waals surface area (Å²) in [5.74, 6) is -0.839. The molecular formula is C22H28N7O9P. The smallest absolute Gasteiger partial charge is 0.395 e. The minimum absolute atomic E-state index is 0.0199. The molecule has 1 aromatic heterocycles. The summed E-state index contributed by atoms with van der Waals surface area (Å²) >= 11 is 0. The zero-order valence-corrected chi connectivity index (χ0v) is 22.3. The van der Waals surface area contributed by atoms with Crippen molar-refractivity contribution in [3.8, 4) is 11.5 Å². The molecule has 1 aliphatic rings. The van der Waals surface area contributed by atoms with E-state index in [1.165, 1.54) is 31.3 Å². The molecule has 0 saturated carbocycles. The molecule has 0 radical (unpaired) electrons. The number of anilines is 1. The minimum atomic E-state index is -2.75. The molecule has 210 valence electrons. The number of esters is 1. The van der Waals surface area contributed by atoms with Crippen LogP contribution in [0.15, 0.2) is 51.2 Å². The highest BCUT2D eigenvalue weighted by molar-refractivity contribution is 7.34. The van der Waals surface area contributed by atoms with Gasteiger partial charge in [0.1, 0.15) is 30.2 Å². The van der Waals surface area contributed by atoms with Crippen LogP contribution in [0.25, 0.3) is 10.4 Å². The number of azide groups is 1. The van der Waals surface area contributed by atoms with Gasteiger partial charge < -0.3 is 35.1 Å². The first-order valence-corrected chi connectivity index (χ1v) is 12.6. The van der Waals surface area contributed by atoms with Crippen molar-refractivity contribution < 1.29 is 38.6 Å². The summed E-state index contributed by atoms with van der Waals surface area (Å²) in [6.45, 7) is 5.79. The van der Waals surface area contributed by atoms with E-state index < -0.39 is 62.2 Å². The Kier molecular flexibility index (Phi) is 9.12. The van der Waals surface area contributed by atoms with Gasteiger partial charge in [-0.2, -0.15) is 4.98 Å². The summed E-state index contributed by atoms with van der Waals surface area (Å²) in [5, 5.41) is 24.8. The van der Waals surface area contributed by atoms with E-state index in [2.05, 4.69) is 19.8 Å². The van der Waals surface area contributed by atoms with Crippen molar-refractivity contribution in [2.45, 2.75) is 63.5 Å². The molecular weight excluding hydrogens is 537 g/mol. The Bertz CT molecular complexity index is 1340. The molecule has 39 heavy (non-hydrogen) atoms. The maximum Gasteiger partial charge on any atom is 0.395 e. The number of nitrogen functional groups attached to an aromatic ring is 1. The summed E-state index contributed by atoms with van der Waals surface area (Å²) in [5.41, 5.74) is 10.8. The van der Waals surface area contributed by atoms with Crippen molar-refractivity contribution in [1.29, 1.82) is 0 Å². The second-order valence-corrected chi connectivity index (χ2v) is 10.3. The molecule has 1 aliphatic heterocycles. The minimum Gasteiger partial charge on any atom is -0.575 e. The van der Waals surface area contributed by atoms with Gasteiger partial charge in [0.25, 0.3) is 0 Å². The van der Waals surface area contributed by atoms with Gasteiger partial charge in [0.15, 0.2) is 18.0 Å². The molecule has 1 unspecified atom stereocenters. The lowest BCUT2D eigenvalue weighted by molar-refractivity contribution is -0.170. The summed E-state index contributed by atoms with van der Waals surface area (Å²) in [4.78, 5) is 43.1. The van der Waals surface area contributed by atoms with Gasteiger partial charge in [0.2, 0.25) is 11.5 Å². The predicted octanol–water partition coefficient (Wildman–Crippen LogP) is 1.13. The van der Waals surface area contributed by atoms with Crippen LogP contribution in [0.2, 0.25) is 0 Å². The number of ether oxygens (including phenoxy) is 3. The Hall–Kier alpha value is -3.78. The Morgan fingerprint density at radius 1 is 1.36 bits per heavy atom. The van der Waals surface area contributed by atoms with Crippen LogP contribution in [0.4, 0.5) is 5.82 Å². The van der Waals surface area contributed by atoms with Gasteiger partial charge >= 0.3 is 19.8 Å². The molecule has 2 heterocycles. The van der Waals surface area contributed by atoms with E-state index in [1.807, 2.05) is 0 Å². The molecule has 1 fully saturated rings. The van der Waals surface area contributed by atoms with Crippen LogP contribution >= 0.6 is 8.17 Å². The monoisotopic (exact) mass is 565 g/mol. The Morgan fingerprint density at radius 2 is 2.03 bits per heavy atom. The first kappa shape index (κ1) is 29.8. The van der Waals surface area contributed by atoms with Crippen molar-refractivity contribution in [2.24, 2.45) is 9.86 Å². The van der Waals surface area contributed by atoms with Gasteiger partial charge in [0, 0.05) is 11.1 Å². The van der Waals surface area contributed by atoms with Gasteiger partial charge in [0.05, 0.1) is 0 Å². The molecule has 0 bridgehead atoms. The maximum atomic E-state index is 12.5. The van der Waals surface area contributed by atoms with Crippen LogP contribution in [0.3, 0.4) is 0 Å². The lowest BCUT2D eigenvalue weighted by Gasteiger charge is -2.26. The highest BCUT2D eigenvalue weighted by Gasteiger charge is 2.56. The van der Waals surface area contributed by atoms with E-state index in [-0.39, 0.29) is 17.3 Å². The fourth-order valence-electron chi connectivity index (χ4n) is 3.43. The van der Waals surface area contributed by atoms with Crippen LogP contribution in [0.1, 0.15) is 33.9 Å². The average molecular weight is 565 g/mol. The molecule has 3 rings (SSSR count).